The van der Waals surface area contributed by atoms with Gasteiger partial charge >= 0.3 is 70.3 Å². The molecule has 0 atom stereocenters. The molecule has 0 saturated carbocycles. The van der Waals surface area contributed by atoms with Gasteiger partial charge in [-0.3, -0.25) is 19.2 Å². The maximum atomic E-state index is 12.9. The Labute approximate surface area is 486 Å². The molecule has 0 bridgehead atoms. The quantitative estimate of drug-likeness (QED) is 0.0914. The van der Waals surface area contributed by atoms with Gasteiger partial charge < -0.3 is 31.9 Å². The molecule has 0 fully saturated rings. The third-order valence-corrected chi connectivity index (χ3v) is 13.4. The van der Waals surface area contributed by atoms with Gasteiger partial charge in [-0.1, -0.05) is 84.9 Å². The van der Waals surface area contributed by atoms with Crippen LogP contribution in [0.2, 0.25) is 0 Å². The first-order valence-electron chi connectivity index (χ1n) is 23.7. The zero-order valence-electron chi connectivity index (χ0n) is 43.7. The number of nitrogens with one attached hydrogen (secondary N) is 6. The van der Waals surface area contributed by atoms with E-state index in [9.17, 15) is 19.2 Å². The molecule has 5 aromatic rings. The van der Waals surface area contributed by atoms with Crippen molar-refractivity contribution in [2.24, 2.45) is 0 Å². The van der Waals surface area contributed by atoms with Crippen molar-refractivity contribution in [3.8, 4) is 0 Å². The minimum absolute atomic E-state index is 0. The molecule has 0 aliphatic carbocycles. The molecule has 5 aromatic carbocycles. The van der Waals surface area contributed by atoms with Gasteiger partial charge in [0.1, 0.15) is 0 Å². The van der Waals surface area contributed by atoms with Crippen molar-refractivity contribution in [3.63, 3.8) is 0 Å². The van der Waals surface area contributed by atoms with Crippen LogP contribution in [-0.2, 0) is 0 Å². The molecule has 6 N–H and O–H groups in total. The van der Waals surface area contributed by atoms with Crippen LogP contribution in [0.25, 0.3) is 0 Å². The molecule has 72 heavy (non-hydrogen) atoms. The summed E-state index contributed by atoms with van der Waals surface area (Å²) in [6.07, 6.45) is 9.27. The van der Waals surface area contributed by atoms with Crippen molar-refractivity contribution >= 4 is 24.8 Å². The molecule has 0 saturated heterocycles. The van der Waals surface area contributed by atoms with Crippen LogP contribution in [-0.4, -0.2) is 23.6 Å². The second-order valence-corrected chi connectivity index (χ2v) is 19.8. The standard InChI is InChI=1S/2C27H31N3O2.C6H5.2Nd/c2*1-16-10-7-11-17(2)24(16)26(31)28-20(5)22-14-9-15-23(30-22)21(6)29-27(32)25-18(3)12-8-13-19(25)4;1-2-4-6-5-3-1;;/h2*7-14,30H,15H2,1-6H3,(H,28,31)(H,29,32);1-5H;;. The molecule has 2 aliphatic rings. The molecule has 0 aromatic heterocycles. The Morgan fingerprint density at radius 2 is 0.639 bits per heavy atom. The second kappa shape index (κ2) is 28.2. The van der Waals surface area contributed by atoms with Gasteiger partial charge in [0.2, 0.25) is 0 Å². The number of aryl methyl sites for hydroxylation is 8. The van der Waals surface area contributed by atoms with E-state index in [1.54, 1.807) is 0 Å². The molecule has 369 valence electrons. The number of allylic oxidation sites excluding steroid dienone is 8. The average molecular weight is 1220 g/mol. The molecule has 0 radical (unpaired) electrons. The van der Waals surface area contributed by atoms with E-state index in [2.05, 4.69) is 56.2 Å². The number of benzene rings is 5. The molecule has 0 unspecified atom stereocenters. The van der Waals surface area contributed by atoms with Crippen LogP contribution in [0.3, 0.4) is 0 Å². The van der Waals surface area contributed by atoms with Gasteiger partial charge in [-0.15, -0.1) is 0 Å². The van der Waals surface area contributed by atoms with Crippen molar-refractivity contribution in [3.05, 3.63) is 240 Å². The summed E-state index contributed by atoms with van der Waals surface area (Å²) in [6, 6.07) is 33.8. The maximum absolute atomic E-state index is 12.9. The van der Waals surface area contributed by atoms with Gasteiger partial charge in [0.15, 0.2) is 0 Å². The SMILES string of the molecule is CC(NC(=O)c1c(C)cccc1C)=C1C=CCC(=C(C)NC(=O)c2c(C)cccc2C)N1.CC(NC(=O)c1c(C)cccc1C)=C1C=CCC(=C(C)NC(=O)c2c(C)cccc2C)N1.[Nd].[Nd][c]1ccccc1. The van der Waals surface area contributed by atoms with Crippen LogP contribution in [0.4, 0.5) is 0 Å². The first kappa shape index (κ1) is 59.3. The van der Waals surface area contributed by atoms with Crippen LogP contribution in [0.15, 0.2) is 173 Å². The van der Waals surface area contributed by atoms with Crippen LogP contribution >= 0.6 is 0 Å². The molecule has 10 nitrogen and oxygen atoms in total. The van der Waals surface area contributed by atoms with E-state index in [4.69, 9.17) is 0 Å². The summed E-state index contributed by atoms with van der Waals surface area (Å²) >= 11 is 1.17. The zero-order valence-corrected chi connectivity index (χ0v) is 50.1. The van der Waals surface area contributed by atoms with E-state index in [1.807, 2.05) is 186 Å². The molecule has 12 heteroatoms. The summed E-state index contributed by atoms with van der Waals surface area (Å²) in [5.41, 5.74) is 16.7. The minimum atomic E-state index is -0.128. The number of hydrogen-bond acceptors (Lipinski definition) is 6. The Bertz CT molecular complexity index is 2770. The normalized spacial score (nSPS) is 15.2. The average Bonchev–Trinajstić information content (AvgIpc) is 3.32. The van der Waals surface area contributed by atoms with Gasteiger partial charge in [-0.05, 0) is 140 Å². The summed E-state index contributed by atoms with van der Waals surface area (Å²) in [5.74, 6) is -0.492. The van der Waals surface area contributed by atoms with Crippen LogP contribution < -0.4 is 33.1 Å². The van der Waals surface area contributed by atoms with E-state index in [-0.39, 0.29) is 64.5 Å². The number of rotatable bonds is 8. The Morgan fingerprint density at radius 1 is 0.389 bits per heavy atom. The number of amides is 4. The molecular weight excluding hydrogens is 1160 g/mol. The third kappa shape index (κ3) is 16.4. The molecule has 7 rings (SSSR count). The van der Waals surface area contributed by atoms with Crippen LogP contribution in [0.5, 0.6) is 0 Å². The molecular formula is C60H67N6Nd2O4. The van der Waals surface area contributed by atoms with E-state index >= 15 is 0 Å². The van der Waals surface area contributed by atoms with E-state index in [0.717, 1.165) is 90.1 Å². The monoisotopic (exact) mass is 1220 g/mol. The first-order chi connectivity index (χ1) is 33.8. The van der Waals surface area contributed by atoms with Gasteiger partial charge in [-0.25, -0.2) is 0 Å². The summed E-state index contributed by atoms with van der Waals surface area (Å²) in [4.78, 5) is 51.4. The zero-order chi connectivity index (χ0) is 51.9. The number of carbonyl (C=O) groups is 4. The molecule has 0 spiro atoms. The Balaban J connectivity index is 0.000000271. The first-order valence-corrected chi connectivity index (χ1v) is 25.3. The van der Waals surface area contributed by atoms with Crippen molar-refractivity contribution in [2.45, 2.75) is 95.9 Å². The second-order valence-electron chi connectivity index (χ2n) is 18.0. The molecule has 4 amide bonds. The predicted molar refractivity (Wildman–Crippen MR) is 284 cm³/mol. The van der Waals surface area contributed by atoms with E-state index < -0.39 is 0 Å². The Hall–Kier alpha value is -5.28. The van der Waals surface area contributed by atoms with Crippen molar-refractivity contribution < 1.29 is 98.8 Å². The Morgan fingerprint density at radius 3 is 0.875 bits per heavy atom. The predicted octanol–water partition coefficient (Wildman–Crippen LogP) is 11.0. The van der Waals surface area contributed by atoms with Crippen molar-refractivity contribution in [1.82, 2.24) is 31.9 Å². The van der Waals surface area contributed by atoms with Crippen molar-refractivity contribution in [1.29, 1.82) is 0 Å². The third-order valence-electron chi connectivity index (χ3n) is 12.3. The topological polar surface area (TPSA) is 140 Å². The summed E-state index contributed by atoms with van der Waals surface area (Å²) in [6.45, 7) is 23.0. The fourth-order valence-electron chi connectivity index (χ4n) is 8.38. The van der Waals surface area contributed by atoms with Gasteiger partial charge in [0.25, 0.3) is 23.6 Å². The number of hydrogen-bond donors (Lipinski definition) is 6. The van der Waals surface area contributed by atoms with Gasteiger partial charge in [0, 0.05) is 110 Å². The fraction of sp³-hybridized carbons (Fsp3) is 0.233. The van der Waals surface area contributed by atoms with E-state index in [0.29, 0.717) is 35.1 Å². The number of carbonyl (C=O) groups excluding carboxylic acids is 4. The van der Waals surface area contributed by atoms with Crippen LogP contribution in [0, 0.1) is 135 Å². The Kier molecular flexibility index (Phi) is 23.3. The summed E-state index contributed by atoms with van der Waals surface area (Å²) in [5, 5.41) is 18.8. The van der Waals surface area contributed by atoms with Crippen LogP contribution in [0.1, 0.15) is 126 Å². The summed E-state index contributed by atoms with van der Waals surface area (Å²) in [7, 11) is 0. The summed E-state index contributed by atoms with van der Waals surface area (Å²) < 4.78 is 1.46. The van der Waals surface area contributed by atoms with Crippen molar-refractivity contribution in [2.75, 3.05) is 0 Å². The molecule has 2 heterocycles. The fourth-order valence-corrected chi connectivity index (χ4v) is 8.99. The van der Waals surface area contributed by atoms with Gasteiger partial charge in [0.05, 0.1) is 11.4 Å². The van der Waals surface area contributed by atoms with Gasteiger partial charge in [-0.2, -0.15) is 0 Å². The molecule has 2 aliphatic heterocycles. The van der Waals surface area contributed by atoms with E-state index in [1.165, 1.54) is 40.0 Å².